The Hall–Kier alpha value is -1.26. The smallest absolute Gasteiger partial charge is 0.405 e. The Morgan fingerprint density at radius 3 is 2.40 bits per heavy atom. The molecule has 0 aromatic rings. The third-order valence-electron chi connectivity index (χ3n) is 0.895. The lowest BCUT2D eigenvalue weighted by molar-refractivity contribution is -0.142. The van der Waals surface area contributed by atoms with Crippen LogP contribution >= 0.6 is 0 Å². The molecule has 5 heteroatoms. The molecule has 0 radical (unpaired) electrons. The van der Waals surface area contributed by atoms with Gasteiger partial charge in [-0.15, -0.1) is 0 Å². The summed E-state index contributed by atoms with van der Waals surface area (Å²) in [5.41, 5.74) is 0. The fourth-order valence-corrected chi connectivity index (χ4v) is 0.421. The number of carbonyl (C=O) groups is 2. The second-order valence-corrected chi connectivity index (χ2v) is 1.69. The van der Waals surface area contributed by atoms with Crippen molar-refractivity contribution < 1.29 is 19.4 Å². The molecule has 0 bridgehead atoms. The van der Waals surface area contributed by atoms with Gasteiger partial charge in [0.15, 0.2) is 0 Å². The molecule has 10 heavy (non-hydrogen) atoms. The van der Waals surface area contributed by atoms with E-state index in [4.69, 9.17) is 5.11 Å². The van der Waals surface area contributed by atoms with Gasteiger partial charge in [-0.3, -0.25) is 0 Å². The van der Waals surface area contributed by atoms with Crippen LogP contribution in [0.2, 0.25) is 0 Å². The molecule has 1 atom stereocenters. The van der Waals surface area contributed by atoms with Gasteiger partial charge in [-0.25, -0.2) is 9.59 Å². The lowest BCUT2D eigenvalue weighted by Gasteiger charge is -2.06. The summed E-state index contributed by atoms with van der Waals surface area (Å²) in [5.74, 6) is -0.595. The number of carboxylic acid groups (broad SMARTS) is 1. The summed E-state index contributed by atoms with van der Waals surface area (Å²) in [6.07, 6.45) is -1.24. The van der Waals surface area contributed by atoms with Gasteiger partial charge in [-0.1, -0.05) is 0 Å². The van der Waals surface area contributed by atoms with Crippen LogP contribution in [0.5, 0.6) is 0 Å². The minimum absolute atomic E-state index is 0.595. The number of hydrogen-bond donors (Lipinski definition) is 2. The summed E-state index contributed by atoms with van der Waals surface area (Å²) in [6, 6.07) is -0.803. The van der Waals surface area contributed by atoms with E-state index in [1.165, 1.54) is 14.0 Å². The molecule has 0 aromatic heterocycles. The van der Waals surface area contributed by atoms with Gasteiger partial charge in [0.1, 0.15) is 6.04 Å². The molecule has 0 rings (SSSR count). The summed E-state index contributed by atoms with van der Waals surface area (Å²) in [6.45, 7) is 1.40. The van der Waals surface area contributed by atoms with E-state index < -0.39 is 18.1 Å². The third kappa shape index (κ3) is 2.91. The maximum atomic E-state index is 10.5. The van der Waals surface area contributed by atoms with Gasteiger partial charge in [0.2, 0.25) is 0 Å². The molecule has 1 amide bonds. The second-order valence-electron chi connectivity index (χ2n) is 1.69. The Labute approximate surface area is 58.0 Å². The molecule has 0 fully saturated rings. The van der Waals surface area contributed by atoms with Crippen molar-refractivity contribution in [2.24, 2.45) is 0 Å². The molecule has 5 nitrogen and oxygen atoms in total. The zero-order chi connectivity index (χ0) is 8.15. The average Bonchev–Trinajstić information content (AvgIpc) is 1.85. The van der Waals surface area contributed by atoms with Crippen LogP contribution in [-0.2, 0) is 9.53 Å². The van der Waals surface area contributed by atoms with Crippen LogP contribution in [-0.4, -0.2) is 30.3 Å². The standard InChI is InChI=1S/C5H9NO4/c1-3(4(7)10-2)6-5(8)9/h3,6H,1-2H3,(H,8,9)/t3-/m0/s1. The van der Waals surface area contributed by atoms with Crippen molar-refractivity contribution in [1.29, 1.82) is 0 Å². The molecule has 0 spiro atoms. The maximum absolute atomic E-state index is 10.5. The summed E-state index contributed by atoms with van der Waals surface area (Å²) in [5, 5.41) is 10.0. The molecular weight excluding hydrogens is 138 g/mol. The number of hydrogen-bond acceptors (Lipinski definition) is 3. The van der Waals surface area contributed by atoms with Crippen LogP contribution in [0.3, 0.4) is 0 Å². The van der Waals surface area contributed by atoms with Crippen molar-refractivity contribution in [2.45, 2.75) is 13.0 Å². The van der Waals surface area contributed by atoms with E-state index in [0.717, 1.165) is 0 Å². The fourth-order valence-electron chi connectivity index (χ4n) is 0.421. The Balaban J connectivity index is 3.72. The Bertz CT molecular complexity index is 145. The van der Waals surface area contributed by atoms with E-state index in [-0.39, 0.29) is 0 Å². The topological polar surface area (TPSA) is 75.6 Å². The van der Waals surface area contributed by atoms with Gasteiger partial charge >= 0.3 is 12.1 Å². The molecule has 58 valence electrons. The second kappa shape index (κ2) is 3.71. The highest BCUT2D eigenvalue weighted by Crippen LogP contribution is 1.84. The van der Waals surface area contributed by atoms with E-state index in [9.17, 15) is 9.59 Å². The van der Waals surface area contributed by atoms with Crippen molar-refractivity contribution in [3.8, 4) is 0 Å². The number of ether oxygens (including phenoxy) is 1. The molecule has 0 aliphatic carbocycles. The highest BCUT2D eigenvalue weighted by Gasteiger charge is 2.13. The Morgan fingerprint density at radius 2 is 2.10 bits per heavy atom. The number of rotatable bonds is 2. The van der Waals surface area contributed by atoms with Gasteiger partial charge in [0.05, 0.1) is 7.11 Å². The minimum Gasteiger partial charge on any atom is -0.467 e. The van der Waals surface area contributed by atoms with Crippen molar-refractivity contribution in [2.75, 3.05) is 7.11 Å². The number of methoxy groups -OCH3 is 1. The van der Waals surface area contributed by atoms with Crippen molar-refractivity contribution in [3.63, 3.8) is 0 Å². The SMILES string of the molecule is COC(=O)[C@H](C)NC(=O)O. The molecule has 0 heterocycles. The van der Waals surface area contributed by atoms with Gasteiger partial charge in [0, 0.05) is 0 Å². The first-order valence-corrected chi connectivity index (χ1v) is 2.65. The van der Waals surface area contributed by atoms with E-state index in [1.54, 1.807) is 0 Å². The fraction of sp³-hybridized carbons (Fsp3) is 0.600. The zero-order valence-electron chi connectivity index (χ0n) is 5.75. The van der Waals surface area contributed by atoms with E-state index >= 15 is 0 Å². The van der Waals surface area contributed by atoms with Crippen molar-refractivity contribution >= 4 is 12.1 Å². The quantitative estimate of drug-likeness (QED) is 0.531. The van der Waals surface area contributed by atoms with Crippen LogP contribution in [0.25, 0.3) is 0 Å². The summed E-state index contributed by atoms with van der Waals surface area (Å²) >= 11 is 0. The number of carbonyl (C=O) groups excluding carboxylic acids is 1. The highest BCUT2D eigenvalue weighted by molar-refractivity contribution is 5.80. The predicted molar refractivity (Wildman–Crippen MR) is 32.6 cm³/mol. The molecule has 0 aromatic carbocycles. The molecular formula is C5H9NO4. The van der Waals surface area contributed by atoms with Crippen molar-refractivity contribution in [3.05, 3.63) is 0 Å². The van der Waals surface area contributed by atoms with E-state index in [0.29, 0.717) is 0 Å². The van der Waals surface area contributed by atoms with E-state index in [2.05, 4.69) is 4.74 Å². The Morgan fingerprint density at radius 1 is 1.60 bits per heavy atom. The molecule has 2 N–H and O–H groups in total. The molecule has 0 aliphatic heterocycles. The minimum atomic E-state index is -1.24. The van der Waals surface area contributed by atoms with Gasteiger partial charge in [-0.2, -0.15) is 0 Å². The normalized spacial score (nSPS) is 11.8. The van der Waals surface area contributed by atoms with Crippen LogP contribution in [0.4, 0.5) is 4.79 Å². The number of nitrogens with one attached hydrogen (secondary N) is 1. The monoisotopic (exact) mass is 147 g/mol. The van der Waals surface area contributed by atoms with Crippen LogP contribution in [0, 0.1) is 0 Å². The summed E-state index contributed by atoms with van der Waals surface area (Å²) < 4.78 is 4.25. The number of esters is 1. The summed E-state index contributed by atoms with van der Waals surface area (Å²) in [7, 11) is 1.20. The lowest BCUT2D eigenvalue weighted by atomic mass is 10.3. The highest BCUT2D eigenvalue weighted by atomic mass is 16.5. The lowest BCUT2D eigenvalue weighted by Crippen LogP contribution is -2.38. The number of amides is 1. The molecule has 0 saturated heterocycles. The Kier molecular flexibility index (Phi) is 3.24. The van der Waals surface area contributed by atoms with Crippen molar-refractivity contribution in [1.82, 2.24) is 5.32 Å². The molecule has 0 saturated carbocycles. The van der Waals surface area contributed by atoms with Gasteiger partial charge in [0.25, 0.3) is 0 Å². The zero-order valence-corrected chi connectivity index (χ0v) is 5.75. The third-order valence-corrected chi connectivity index (χ3v) is 0.895. The maximum Gasteiger partial charge on any atom is 0.405 e. The molecule has 0 unspecified atom stereocenters. The molecule has 0 aliphatic rings. The van der Waals surface area contributed by atoms with Gasteiger partial charge in [-0.05, 0) is 6.92 Å². The van der Waals surface area contributed by atoms with Crippen LogP contribution in [0.1, 0.15) is 6.92 Å². The largest absolute Gasteiger partial charge is 0.467 e. The van der Waals surface area contributed by atoms with Crippen LogP contribution < -0.4 is 5.32 Å². The van der Waals surface area contributed by atoms with Gasteiger partial charge < -0.3 is 15.2 Å². The van der Waals surface area contributed by atoms with Crippen LogP contribution in [0.15, 0.2) is 0 Å². The first-order valence-electron chi connectivity index (χ1n) is 2.65. The summed E-state index contributed by atoms with van der Waals surface area (Å²) in [4.78, 5) is 20.4. The predicted octanol–water partition coefficient (Wildman–Crippen LogP) is -0.185. The van der Waals surface area contributed by atoms with E-state index in [1.807, 2.05) is 5.32 Å². The first-order chi connectivity index (χ1) is 4.57. The first kappa shape index (κ1) is 8.74. The average molecular weight is 147 g/mol.